The SMILES string of the molecule is CC(C)C[C@H]1NC(=O)[C@@H](C)NC(=O)c2cc(on2)CN(C(=O)c2cc(C#N)cn2C)CCNC(=O)[C@@H](Cc2ccccc2)NC1=O. The Bertz CT molecular complexity index is 1620. The number of fused-ring (bicyclic) bond motifs is 2. The van der Waals surface area contributed by atoms with Crippen LogP contribution >= 0.6 is 0 Å². The second-order valence-electron chi connectivity index (χ2n) is 11.7. The molecule has 1 aromatic carbocycles. The van der Waals surface area contributed by atoms with Gasteiger partial charge in [-0.25, -0.2) is 0 Å². The summed E-state index contributed by atoms with van der Waals surface area (Å²) >= 11 is 0. The first-order valence-electron chi connectivity index (χ1n) is 15.0. The van der Waals surface area contributed by atoms with Crippen molar-refractivity contribution in [3.8, 4) is 6.07 Å². The number of benzene rings is 1. The summed E-state index contributed by atoms with van der Waals surface area (Å²) in [5, 5.41) is 24.0. The van der Waals surface area contributed by atoms with Crippen LogP contribution in [0.5, 0.6) is 0 Å². The van der Waals surface area contributed by atoms with Gasteiger partial charge in [-0.2, -0.15) is 5.26 Å². The summed E-state index contributed by atoms with van der Waals surface area (Å²) in [4.78, 5) is 68.1. The van der Waals surface area contributed by atoms with Crippen molar-refractivity contribution in [3.05, 3.63) is 76.9 Å². The fraction of sp³-hybridized carbons (Fsp3) is 0.406. The van der Waals surface area contributed by atoms with Gasteiger partial charge < -0.3 is 35.3 Å². The number of carbonyl (C=O) groups is 5. The van der Waals surface area contributed by atoms with Gasteiger partial charge in [0.05, 0.1) is 12.1 Å². The van der Waals surface area contributed by atoms with E-state index in [1.165, 1.54) is 34.7 Å². The van der Waals surface area contributed by atoms with Crippen LogP contribution in [0.25, 0.3) is 0 Å². The van der Waals surface area contributed by atoms with Crippen LogP contribution in [0.2, 0.25) is 0 Å². The Hall–Kier alpha value is -5.45. The van der Waals surface area contributed by atoms with Crippen molar-refractivity contribution in [2.75, 3.05) is 13.1 Å². The molecule has 0 saturated carbocycles. The summed E-state index contributed by atoms with van der Waals surface area (Å²) in [6, 6.07) is 11.0. The van der Waals surface area contributed by atoms with Gasteiger partial charge in [-0.1, -0.05) is 49.3 Å². The molecule has 0 aliphatic carbocycles. The molecule has 5 amide bonds. The molecule has 14 heteroatoms. The molecule has 3 heterocycles. The minimum atomic E-state index is -1.04. The summed E-state index contributed by atoms with van der Waals surface area (Å²) in [7, 11) is 1.63. The number of aryl methyl sites for hydroxylation is 1. The molecule has 4 N–H and O–H groups in total. The van der Waals surface area contributed by atoms with E-state index in [4.69, 9.17) is 4.52 Å². The number of nitrogens with zero attached hydrogens (tertiary/aromatic N) is 4. The van der Waals surface area contributed by atoms with Gasteiger partial charge >= 0.3 is 0 Å². The van der Waals surface area contributed by atoms with Crippen LogP contribution in [-0.2, 0) is 34.4 Å². The molecule has 242 valence electrons. The van der Waals surface area contributed by atoms with Gasteiger partial charge in [0, 0.05) is 38.8 Å². The zero-order valence-corrected chi connectivity index (χ0v) is 26.2. The third-order valence-electron chi connectivity index (χ3n) is 7.46. The van der Waals surface area contributed by atoms with Gasteiger partial charge in [0.1, 0.15) is 29.9 Å². The number of hydrogen-bond donors (Lipinski definition) is 4. The maximum Gasteiger partial charge on any atom is 0.274 e. The monoisotopic (exact) mass is 630 g/mol. The maximum atomic E-state index is 13.6. The molecule has 3 atom stereocenters. The van der Waals surface area contributed by atoms with E-state index in [1.54, 1.807) is 7.05 Å². The topological polar surface area (TPSA) is 191 Å². The lowest BCUT2D eigenvalue weighted by Crippen LogP contribution is -2.57. The Kier molecular flexibility index (Phi) is 10.9. The average molecular weight is 631 g/mol. The lowest BCUT2D eigenvalue weighted by atomic mass is 10.0. The number of nitrogens with one attached hydrogen (secondary N) is 4. The lowest BCUT2D eigenvalue weighted by Gasteiger charge is -2.26. The molecule has 1 aliphatic rings. The van der Waals surface area contributed by atoms with E-state index in [1.807, 2.05) is 50.2 Å². The zero-order valence-electron chi connectivity index (χ0n) is 26.2. The van der Waals surface area contributed by atoms with Crippen molar-refractivity contribution >= 4 is 29.5 Å². The Morgan fingerprint density at radius 2 is 1.76 bits per heavy atom. The third-order valence-corrected chi connectivity index (χ3v) is 7.46. The predicted octanol–water partition coefficient (Wildman–Crippen LogP) is 1.03. The normalized spacial score (nSPS) is 20.1. The zero-order chi connectivity index (χ0) is 33.4. The summed E-state index contributed by atoms with van der Waals surface area (Å²) in [6.45, 7) is 5.19. The number of amides is 5. The molecular formula is C32H38N8O6. The van der Waals surface area contributed by atoms with Crippen molar-refractivity contribution in [2.24, 2.45) is 13.0 Å². The molecule has 1 aliphatic heterocycles. The van der Waals surface area contributed by atoms with E-state index in [2.05, 4.69) is 26.4 Å². The van der Waals surface area contributed by atoms with Gasteiger partial charge in [-0.15, -0.1) is 0 Å². The molecular weight excluding hydrogens is 592 g/mol. The van der Waals surface area contributed by atoms with Gasteiger partial charge in [-0.3, -0.25) is 24.0 Å². The minimum Gasteiger partial charge on any atom is -0.359 e. The highest BCUT2D eigenvalue weighted by Gasteiger charge is 2.30. The van der Waals surface area contributed by atoms with Gasteiger partial charge in [0.25, 0.3) is 11.8 Å². The first-order valence-corrected chi connectivity index (χ1v) is 15.0. The summed E-state index contributed by atoms with van der Waals surface area (Å²) in [5.41, 5.74) is 1.23. The Morgan fingerprint density at radius 1 is 1.04 bits per heavy atom. The number of nitriles is 1. The lowest BCUT2D eigenvalue weighted by molar-refractivity contribution is -0.132. The van der Waals surface area contributed by atoms with Crippen LogP contribution in [0.3, 0.4) is 0 Å². The van der Waals surface area contributed by atoms with Crippen LogP contribution in [0, 0.1) is 17.2 Å². The van der Waals surface area contributed by atoms with Crippen molar-refractivity contribution in [1.29, 1.82) is 5.26 Å². The number of carbonyl (C=O) groups excluding carboxylic acids is 5. The van der Waals surface area contributed by atoms with Crippen molar-refractivity contribution in [2.45, 2.75) is 58.3 Å². The average Bonchev–Trinajstić information content (AvgIpc) is 3.65. The van der Waals surface area contributed by atoms with Crippen LogP contribution in [0.4, 0.5) is 0 Å². The van der Waals surface area contributed by atoms with E-state index in [0.29, 0.717) is 5.56 Å². The third kappa shape index (κ3) is 8.59. The highest BCUT2D eigenvalue weighted by molar-refractivity contribution is 5.98. The first-order chi connectivity index (χ1) is 21.9. The highest BCUT2D eigenvalue weighted by Crippen LogP contribution is 2.15. The molecule has 0 spiro atoms. The van der Waals surface area contributed by atoms with Gasteiger partial charge in [-0.05, 0) is 30.9 Å². The molecule has 46 heavy (non-hydrogen) atoms. The summed E-state index contributed by atoms with van der Waals surface area (Å²) in [6.07, 6.45) is 1.99. The van der Waals surface area contributed by atoms with Crippen molar-refractivity contribution in [1.82, 2.24) is 35.9 Å². The quantitative estimate of drug-likeness (QED) is 0.321. The molecule has 0 unspecified atom stereocenters. The smallest absolute Gasteiger partial charge is 0.274 e. The van der Waals surface area contributed by atoms with E-state index in [-0.39, 0.29) is 55.5 Å². The number of aromatic nitrogens is 2. The van der Waals surface area contributed by atoms with Crippen LogP contribution in [0.1, 0.15) is 65.1 Å². The highest BCUT2D eigenvalue weighted by atomic mass is 16.5. The molecule has 0 radical (unpaired) electrons. The molecule has 0 saturated heterocycles. The van der Waals surface area contributed by atoms with E-state index in [9.17, 15) is 29.2 Å². The first kappa shape index (κ1) is 33.4. The van der Waals surface area contributed by atoms with Crippen LogP contribution in [0.15, 0.2) is 53.2 Å². The van der Waals surface area contributed by atoms with Crippen LogP contribution in [-0.4, -0.2) is 75.4 Å². The van der Waals surface area contributed by atoms with Gasteiger partial charge in [0.2, 0.25) is 17.7 Å². The Morgan fingerprint density at radius 3 is 2.43 bits per heavy atom. The van der Waals surface area contributed by atoms with Crippen LogP contribution < -0.4 is 21.3 Å². The van der Waals surface area contributed by atoms with E-state index >= 15 is 0 Å². The molecule has 2 bridgehead atoms. The predicted molar refractivity (Wildman–Crippen MR) is 165 cm³/mol. The summed E-state index contributed by atoms with van der Waals surface area (Å²) in [5.74, 6) is -2.56. The minimum absolute atomic E-state index is 0.00637. The molecule has 0 fully saturated rings. The van der Waals surface area contributed by atoms with E-state index in [0.717, 1.165) is 5.56 Å². The van der Waals surface area contributed by atoms with Crippen molar-refractivity contribution < 1.29 is 28.5 Å². The Labute approximate surface area is 266 Å². The maximum absolute atomic E-state index is 13.6. The van der Waals surface area contributed by atoms with Gasteiger partial charge in [0.15, 0.2) is 11.5 Å². The second-order valence-corrected chi connectivity index (χ2v) is 11.7. The standard InChI is InChI=1S/C32H38N8O6/c1-19(2)12-24-30(43)37-25(13-21-8-6-5-7-9-21)29(42)34-10-11-40(32(45)27-14-22(16-33)17-39(27)4)18-23-15-26(38-46-23)31(44)35-20(3)28(41)36-24/h5-9,14-15,17,19-20,24-25H,10-13,18H2,1-4H3,(H,34,42)(H,35,44)(H,36,41)(H,37,43)/t20-,24-,25-/m1/s1. The molecule has 14 nitrogen and oxygen atoms in total. The fourth-order valence-electron chi connectivity index (χ4n) is 5.04. The number of rotatable bonds is 5. The number of hydrogen-bond acceptors (Lipinski definition) is 8. The van der Waals surface area contributed by atoms with E-state index < -0.39 is 47.7 Å². The van der Waals surface area contributed by atoms with Crippen molar-refractivity contribution in [3.63, 3.8) is 0 Å². The molecule has 2 aromatic heterocycles. The molecule has 4 rings (SSSR count). The fourth-order valence-corrected chi connectivity index (χ4v) is 5.04. The summed E-state index contributed by atoms with van der Waals surface area (Å²) < 4.78 is 6.88. The molecule has 3 aromatic rings. The Balaban J connectivity index is 1.66. The second kappa shape index (κ2) is 15.0. The largest absolute Gasteiger partial charge is 0.359 e.